The molecular weight excluding hydrogens is 392 g/mol. The number of Topliss-reactive ketones (excluding diaryl/α,β-unsaturated/α-hetero) is 1. The van der Waals surface area contributed by atoms with Gasteiger partial charge in [-0.25, -0.2) is 0 Å². The monoisotopic (exact) mass is 410 g/mol. The molecule has 0 bridgehead atoms. The highest BCUT2D eigenvalue weighted by atomic mass is 32.2. The molecule has 0 spiro atoms. The molecule has 0 fully saturated rings. The van der Waals surface area contributed by atoms with Crippen LogP contribution in [0.4, 0.5) is 16.5 Å². The second-order valence-corrected chi connectivity index (χ2v) is 8.74. The zero-order valence-electron chi connectivity index (χ0n) is 15.4. The molecule has 142 valence electrons. The third-order valence-corrected chi connectivity index (χ3v) is 6.58. The Kier molecular flexibility index (Phi) is 5.15. The van der Waals surface area contributed by atoms with Gasteiger partial charge < -0.3 is 10.6 Å². The lowest BCUT2D eigenvalue weighted by Crippen LogP contribution is -2.08. The summed E-state index contributed by atoms with van der Waals surface area (Å²) in [4.78, 5) is 24.3. The zero-order chi connectivity index (χ0) is 19.7. The van der Waals surface area contributed by atoms with Crippen LogP contribution >= 0.6 is 23.1 Å². The number of nitrogens with one attached hydrogen (secondary N) is 2. The number of amides is 1. The number of nitrogens with zero attached hydrogens (tertiary/aromatic N) is 2. The van der Waals surface area contributed by atoms with Crippen LogP contribution in [0.15, 0.2) is 46.8 Å². The molecule has 1 aliphatic rings. The van der Waals surface area contributed by atoms with Crippen molar-refractivity contribution in [2.75, 3.05) is 16.4 Å². The molecular formula is C20H18N4O2S2. The second-order valence-electron chi connectivity index (χ2n) is 6.54. The van der Waals surface area contributed by atoms with Gasteiger partial charge in [-0.05, 0) is 49.2 Å². The van der Waals surface area contributed by atoms with Gasteiger partial charge in [-0.15, -0.1) is 10.2 Å². The number of hydrogen-bond donors (Lipinski definition) is 2. The Morgan fingerprint density at radius 3 is 2.89 bits per heavy atom. The van der Waals surface area contributed by atoms with Crippen molar-refractivity contribution in [3.63, 3.8) is 0 Å². The van der Waals surface area contributed by atoms with Crippen LogP contribution < -0.4 is 10.6 Å². The second kappa shape index (κ2) is 7.73. The lowest BCUT2D eigenvalue weighted by atomic mass is 9.99. The third kappa shape index (κ3) is 3.79. The average Bonchev–Trinajstić information content (AvgIpc) is 3.26. The number of thioether (sulfide) groups is 1. The molecule has 0 saturated heterocycles. The number of fused-ring (bicyclic) bond motifs is 1. The Labute approximate surface area is 170 Å². The van der Waals surface area contributed by atoms with Crippen LogP contribution in [0, 0.1) is 6.92 Å². The highest BCUT2D eigenvalue weighted by Crippen LogP contribution is 2.33. The average molecular weight is 411 g/mol. The molecule has 1 amide bonds. The molecule has 6 nitrogen and oxygen atoms in total. The summed E-state index contributed by atoms with van der Waals surface area (Å²) in [5, 5.41) is 15.1. The molecule has 2 N–H and O–H groups in total. The zero-order valence-corrected chi connectivity index (χ0v) is 17.0. The molecule has 4 rings (SSSR count). The smallest absolute Gasteiger partial charge is 0.231 e. The van der Waals surface area contributed by atoms with Crippen LogP contribution in [0.25, 0.3) is 0 Å². The van der Waals surface area contributed by atoms with Crippen molar-refractivity contribution in [2.24, 2.45) is 0 Å². The number of carbonyl (C=O) groups is 2. The fourth-order valence-corrected chi connectivity index (χ4v) is 4.61. The van der Waals surface area contributed by atoms with Gasteiger partial charge in [0.2, 0.25) is 11.0 Å². The van der Waals surface area contributed by atoms with Crippen LogP contribution in [0.1, 0.15) is 34.3 Å². The number of para-hydroxylation sites is 1. The molecule has 0 saturated carbocycles. The summed E-state index contributed by atoms with van der Waals surface area (Å²) < 4.78 is 0.732. The summed E-state index contributed by atoms with van der Waals surface area (Å²) in [6.45, 7) is 3.87. The van der Waals surface area contributed by atoms with E-state index in [0.717, 1.165) is 26.8 Å². The number of aryl methyl sites for hydroxylation is 1. The van der Waals surface area contributed by atoms with Crippen molar-refractivity contribution in [3.8, 4) is 0 Å². The first-order valence-electron chi connectivity index (χ1n) is 8.78. The maximum absolute atomic E-state index is 12.6. The molecule has 0 radical (unpaired) electrons. The minimum Gasteiger partial charge on any atom is -0.330 e. The minimum absolute atomic E-state index is 0.00274. The summed E-state index contributed by atoms with van der Waals surface area (Å²) in [6.07, 6.45) is 0. The number of anilines is 3. The number of ketones is 1. The lowest BCUT2D eigenvalue weighted by Gasteiger charge is -2.05. The Balaban J connectivity index is 1.39. The minimum atomic E-state index is -0.228. The Bertz CT molecular complexity index is 1060. The fourth-order valence-electron chi connectivity index (χ4n) is 2.95. The number of aromatic nitrogens is 2. The van der Waals surface area contributed by atoms with Gasteiger partial charge in [-0.3, -0.25) is 9.59 Å². The molecule has 8 heteroatoms. The van der Waals surface area contributed by atoms with E-state index in [2.05, 4.69) is 20.8 Å². The van der Waals surface area contributed by atoms with E-state index >= 15 is 0 Å². The van der Waals surface area contributed by atoms with E-state index in [1.54, 1.807) is 12.1 Å². The molecule has 3 aromatic rings. The van der Waals surface area contributed by atoms with Crippen molar-refractivity contribution in [1.29, 1.82) is 0 Å². The van der Waals surface area contributed by atoms with Gasteiger partial charge in [-0.2, -0.15) is 0 Å². The molecule has 28 heavy (non-hydrogen) atoms. The van der Waals surface area contributed by atoms with Crippen molar-refractivity contribution in [2.45, 2.75) is 24.1 Å². The van der Waals surface area contributed by atoms with Crippen LogP contribution in [0.3, 0.4) is 0 Å². The Morgan fingerprint density at radius 2 is 2.07 bits per heavy atom. The first-order chi connectivity index (χ1) is 13.5. The van der Waals surface area contributed by atoms with Gasteiger partial charge in [0.15, 0.2) is 10.1 Å². The summed E-state index contributed by atoms with van der Waals surface area (Å²) in [6, 6.07) is 13.3. The van der Waals surface area contributed by atoms with Crippen LogP contribution in [-0.4, -0.2) is 27.6 Å². The highest BCUT2D eigenvalue weighted by Gasteiger charge is 2.27. The van der Waals surface area contributed by atoms with E-state index in [9.17, 15) is 9.59 Å². The van der Waals surface area contributed by atoms with Crippen molar-refractivity contribution in [1.82, 2.24) is 10.2 Å². The topological polar surface area (TPSA) is 84.0 Å². The van der Waals surface area contributed by atoms with Crippen molar-refractivity contribution < 1.29 is 9.59 Å². The molecule has 1 aromatic heterocycles. The van der Waals surface area contributed by atoms with Crippen molar-refractivity contribution >= 4 is 51.3 Å². The standard InChI is InChI=1S/C20H18N4O2S2/c1-11-5-3-4-6-15(11)22-19-23-24-20(28-19)27-10-17(25)13-7-8-16-14(9-13)12(2)18(26)21-16/h3-9,12H,10H2,1-2H3,(H,21,26)(H,22,23)/t12-/m1/s1. The van der Waals surface area contributed by atoms with Gasteiger partial charge in [0, 0.05) is 16.9 Å². The Hall–Kier alpha value is -2.71. The van der Waals surface area contributed by atoms with E-state index in [4.69, 9.17) is 0 Å². The largest absolute Gasteiger partial charge is 0.330 e. The summed E-state index contributed by atoms with van der Waals surface area (Å²) in [7, 11) is 0. The number of hydrogen-bond acceptors (Lipinski definition) is 7. The van der Waals surface area contributed by atoms with Gasteiger partial charge in [0.1, 0.15) is 0 Å². The predicted molar refractivity (Wildman–Crippen MR) is 113 cm³/mol. The van der Waals surface area contributed by atoms with Crippen LogP contribution in [-0.2, 0) is 4.79 Å². The van der Waals surface area contributed by atoms with Gasteiger partial charge in [-0.1, -0.05) is 41.3 Å². The van der Waals surface area contributed by atoms with Gasteiger partial charge >= 0.3 is 0 Å². The van der Waals surface area contributed by atoms with Crippen LogP contribution in [0.2, 0.25) is 0 Å². The normalized spacial score (nSPS) is 15.2. The third-order valence-electron chi connectivity index (χ3n) is 4.61. The summed E-state index contributed by atoms with van der Waals surface area (Å²) >= 11 is 2.78. The number of carbonyl (C=O) groups excluding carboxylic acids is 2. The molecule has 2 heterocycles. The Morgan fingerprint density at radius 1 is 1.25 bits per heavy atom. The maximum Gasteiger partial charge on any atom is 0.231 e. The number of rotatable bonds is 6. The first kappa shape index (κ1) is 18.6. The molecule has 2 aromatic carbocycles. The molecule has 0 unspecified atom stereocenters. The highest BCUT2D eigenvalue weighted by molar-refractivity contribution is 8.01. The van der Waals surface area contributed by atoms with Crippen molar-refractivity contribution in [3.05, 3.63) is 59.2 Å². The number of benzene rings is 2. The SMILES string of the molecule is Cc1ccccc1Nc1nnc(SCC(=O)c2ccc3c(c2)[C@@H](C)C(=O)N3)s1. The van der Waals surface area contributed by atoms with E-state index in [0.29, 0.717) is 10.7 Å². The van der Waals surface area contributed by atoms with E-state index in [-0.39, 0.29) is 23.4 Å². The molecule has 0 aliphatic carbocycles. The lowest BCUT2D eigenvalue weighted by molar-refractivity contribution is -0.116. The van der Waals surface area contributed by atoms with E-state index in [1.165, 1.54) is 23.1 Å². The molecule has 1 atom stereocenters. The van der Waals surface area contributed by atoms with Crippen LogP contribution in [0.5, 0.6) is 0 Å². The summed E-state index contributed by atoms with van der Waals surface area (Å²) in [5.41, 5.74) is 4.39. The van der Waals surface area contributed by atoms with Gasteiger partial charge in [0.25, 0.3) is 0 Å². The van der Waals surface area contributed by atoms with Gasteiger partial charge in [0.05, 0.1) is 11.7 Å². The molecule has 1 aliphatic heterocycles. The quantitative estimate of drug-likeness (QED) is 0.456. The van der Waals surface area contributed by atoms with E-state index < -0.39 is 0 Å². The maximum atomic E-state index is 12.6. The predicted octanol–water partition coefficient (Wildman–Crippen LogP) is 4.62. The summed E-state index contributed by atoms with van der Waals surface area (Å²) in [5.74, 6) is 0.0150. The fraction of sp³-hybridized carbons (Fsp3) is 0.200. The first-order valence-corrected chi connectivity index (χ1v) is 10.6. The van der Waals surface area contributed by atoms with E-state index in [1.807, 2.05) is 44.2 Å².